The zero-order valence-corrected chi connectivity index (χ0v) is 19.4. The van der Waals surface area contributed by atoms with Crippen molar-refractivity contribution in [3.63, 3.8) is 0 Å². The van der Waals surface area contributed by atoms with Crippen molar-refractivity contribution in [1.29, 1.82) is 0 Å². The lowest BCUT2D eigenvalue weighted by atomic mass is 9.98. The molecule has 7 nitrogen and oxygen atoms in total. The Morgan fingerprint density at radius 1 is 1.03 bits per heavy atom. The van der Waals surface area contributed by atoms with Gasteiger partial charge in [0, 0.05) is 11.4 Å². The highest BCUT2D eigenvalue weighted by Gasteiger charge is 2.14. The first kappa shape index (κ1) is 23.0. The number of fused-ring (bicyclic) bond motifs is 1. The van der Waals surface area contributed by atoms with Crippen molar-refractivity contribution in [1.82, 2.24) is 4.98 Å². The molecular weight excluding hydrogens is 430 g/mol. The Morgan fingerprint density at radius 3 is 2.47 bits per heavy atom. The van der Waals surface area contributed by atoms with E-state index in [-0.39, 0.29) is 24.7 Å². The van der Waals surface area contributed by atoms with Crippen LogP contribution in [-0.4, -0.2) is 22.0 Å². The number of hydrogen-bond donors (Lipinski definition) is 3. The summed E-state index contributed by atoms with van der Waals surface area (Å²) in [6.45, 7) is 5.82. The molecule has 174 valence electrons. The summed E-state index contributed by atoms with van der Waals surface area (Å²) < 4.78 is 5.92. The van der Waals surface area contributed by atoms with E-state index in [0.29, 0.717) is 17.3 Å². The number of hydrogen-bond acceptors (Lipinski definition) is 5. The first-order valence-corrected chi connectivity index (χ1v) is 11.1. The van der Waals surface area contributed by atoms with E-state index in [4.69, 9.17) is 9.52 Å². The predicted molar refractivity (Wildman–Crippen MR) is 133 cm³/mol. The molecule has 4 rings (SSSR count). The Hall–Kier alpha value is -4.13. The topological polar surface area (TPSA) is 104 Å². The Bertz CT molecular complexity index is 1340. The van der Waals surface area contributed by atoms with Gasteiger partial charge < -0.3 is 20.2 Å². The lowest BCUT2D eigenvalue weighted by molar-refractivity contribution is -0.137. The standard InChI is InChI=1S/C27H27N3O4/c1-16-6-4-5-7-22(16)29-27-30-26-18(3)12-19(14-23(26)34-27)15-24(31)28-21-10-8-20(9-11-21)17(2)13-25(32)33/h4-12,14,17H,13,15H2,1-3H3,(H,28,31)(H,29,30)(H,32,33). The monoisotopic (exact) mass is 457 g/mol. The number of carboxylic acids is 1. The van der Waals surface area contributed by atoms with E-state index in [9.17, 15) is 9.59 Å². The number of aliphatic carboxylic acids is 1. The summed E-state index contributed by atoms with van der Waals surface area (Å²) in [7, 11) is 0. The first-order valence-electron chi connectivity index (χ1n) is 11.1. The van der Waals surface area contributed by atoms with Crippen LogP contribution in [0.1, 0.15) is 41.5 Å². The van der Waals surface area contributed by atoms with E-state index >= 15 is 0 Å². The van der Waals surface area contributed by atoms with Crippen molar-refractivity contribution in [2.24, 2.45) is 0 Å². The maximum Gasteiger partial charge on any atom is 0.303 e. The zero-order chi connectivity index (χ0) is 24.2. The van der Waals surface area contributed by atoms with E-state index in [1.165, 1.54) is 0 Å². The number of anilines is 3. The van der Waals surface area contributed by atoms with Crippen LogP contribution in [0.25, 0.3) is 11.1 Å². The van der Waals surface area contributed by atoms with Gasteiger partial charge in [0.1, 0.15) is 5.52 Å². The van der Waals surface area contributed by atoms with E-state index in [1.807, 2.05) is 69.3 Å². The van der Waals surface area contributed by atoms with Crippen LogP contribution in [0.5, 0.6) is 0 Å². The van der Waals surface area contributed by atoms with Gasteiger partial charge in [0.2, 0.25) is 5.91 Å². The molecule has 7 heteroatoms. The molecule has 0 bridgehead atoms. The molecule has 1 heterocycles. The third kappa shape index (κ3) is 5.43. The van der Waals surface area contributed by atoms with E-state index in [1.54, 1.807) is 12.1 Å². The Kier molecular flexibility index (Phi) is 6.63. The maximum absolute atomic E-state index is 12.6. The molecule has 0 saturated heterocycles. The molecule has 0 aliphatic heterocycles. The molecule has 34 heavy (non-hydrogen) atoms. The van der Waals surface area contributed by atoms with Gasteiger partial charge in [-0.05, 0) is 66.3 Å². The fraction of sp³-hybridized carbons (Fsp3) is 0.222. The number of carbonyl (C=O) groups is 2. The van der Waals surface area contributed by atoms with Gasteiger partial charge in [-0.2, -0.15) is 4.98 Å². The summed E-state index contributed by atoms with van der Waals surface area (Å²) in [5, 5.41) is 15.1. The predicted octanol–water partition coefficient (Wildman–Crippen LogP) is 5.95. The summed E-state index contributed by atoms with van der Waals surface area (Å²) in [5.74, 6) is -1.08. The van der Waals surface area contributed by atoms with Crippen molar-refractivity contribution >= 4 is 40.4 Å². The molecule has 0 fully saturated rings. The van der Waals surface area contributed by atoms with Crippen LogP contribution < -0.4 is 10.6 Å². The number of nitrogens with zero attached hydrogens (tertiary/aromatic N) is 1. The molecule has 0 aliphatic rings. The molecule has 4 aromatic rings. The summed E-state index contributed by atoms with van der Waals surface area (Å²) >= 11 is 0. The molecular formula is C27H27N3O4. The number of aryl methyl sites for hydroxylation is 2. The van der Waals surface area contributed by atoms with E-state index < -0.39 is 5.97 Å². The minimum Gasteiger partial charge on any atom is -0.481 e. The quantitative estimate of drug-likeness (QED) is 0.302. The van der Waals surface area contributed by atoms with Crippen LogP contribution in [-0.2, 0) is 16.0 Å². The third-order valence-corrected chi connectivity index (χ3v) is 5.74. The second kappa shape index (κ2) is 9.79. The summed E-state index contributed by atoms with van der Waals surface area (Å²) in [5.41, 5.74) is 6.73. The van der Waals surface area contributed by atoms with Gasteiger partial charge in [0.25, 0.3) is 6.01 Å². The van der Waals surface area contributed by atoms with Crippen LogP contribution in [0.4, 0.5) is 17.4 Å². The number of carboxylic acid groups (broad SMARTS) is 1. The number of nitrogens with one attached hydrogen (secondary N) is 2. The van der Waals surface area contributed by atoms with Crippen LogP contribution in [0.2, 0.25) is 0 Å². The Morgan fingerprint density at radius 2 is 1.76 bits per heavy atom. The van der Waals surface area contributed by atoms with Gasteiger partial charge in [-0.15, -0.1) is 0 Å². The van der Waals surface area contributed by atoms with Crippen molar-refractivity contribution in [2.75, 3.05) is 10.6 Å². The van der Waals surface area contributed by atoms with Crippen molar-refractivity contribution in [3.8, 4) is 0 Å². The average molecular weight is 458 g/mol. The summed E-state index contributed by atoms with van der Waals surface area (Å²) in [6.07, 6.45) is 0.257. The Labute approximate surface area is 197 Å². The molecule has 0 spiro atoms. The molecule has 0 saturated carbocycles. The SMILES string of the molecule is Cc1ccccc1Nc1nc2c(C)cc(CC(=O)Nc3ccc(C(C)CC(=O)O)cc3)cc2o1. The fourth-order valence-electron chi connectivity index (χ4n) is 3.92. The number of amides is 1. The maximum atomic E-state index is 12.6. The van der Waals surface area contributed by atoms with E-state index in [2.05, 4.69) is 15.6 Å². The molecule has 3 N–H and O–H groups in total. The fourth-order valence-corrected chi connectivity index (χ4v) is 3.92. The number of oxazole rings is 1. The normalized spacial score (nSPS) is 11.9. The van der Waals surface area contributed by atoms with Crippen molar-refractivity contribution < 1.29 is 19.1 Å². The van der Waals surface area contributed by atoms with Gasteiger partial charge in [-0.25, -0.2) is 0 Å². The lowest BCUT2D eigenvalue weighted by Crippen LogP contribution is -2.14. The zero-order valence-electron chi connectivity index (χ0n) is 19.4. The van der Waals surface area contributed by atoms with Crippen LogP contribution in [0, 0.1) is 13.8 Å². The van der Waals surface area contributed by atoms with Crippen LogP contribution in [0.3, 0.4) is 0 Å². The molecule has 3 aromatic carbocycles. The van der Waals surface area contributed by atoms with Crippen LogP contribution in [0.15, 0.2) is 65.1 Å². The lowest BCUT2D eigenvalue weighted by Gasteiger charge is -2.11. The molecule has 1 aromatic heterocycles. The van der Waals surface area contributed by atoms with Crippen LogP contribution >= 0.6 is 0 Å². The number of benzene rings is 3. The van der Waals surface area contributed by atoms with Gasteiger partial charge in [-0.3, -0.25) is 9.59 Å². The number of para-hydroxylation sites is 1. The largest absolute Gasteiger partial charge is 0.481 e. The number of rotatable bonds is 8. The van der Waals surface area contributed by atoms with Gasteiger partial charge >= 0.3 is 5.97 Å². The van der Waals surface area contributed by atoms with E-state index in [0.717, 1.165) is 33.5 Å². The molecule has 1 amide bonds. The molecule has 0 aliphatic carbocycles. The number of aromatic nitrogens is 1. The van der Waals surface area contributed by atoms with Gasteiger partial charge in [-0.1, -0.05) is 43.3 Å². The summed E-state index contributed by atoms with van der Waals surface area (Å²) in [6, 6.07) is 19.4. The second-order valence-electron chi connectivity index (χ2n) is 8.56. The first-order chi connectivity index (χ1) is 16.3. The highest BCUT2D eigenvalue weighted by atomic mass is 16.4. The molecule has 1 atom stereocenters. The Balaban J connectivity index is 1.44. The van der Waals surface area contributed by atoms with Crippen molar-refractivity contribution in [3.05, 3.63) is 82.9 Å². The second-order valence-corrected chi connectivity index (χ2v) is 8.56. The third-order valence-electron chi connectivity index (χ3n) is 5.74. The minimum absolute atomic E-state index is 0.0668. The highest BCUT2D eigenvalue weighted by molar-refractivity contribution is 5.93. The van der Waals surface area contributed by atoms with Crippen molar-refractivity contribution in [2.45, 2.75) is 39.5 Å². The molecule has 0 radical (unpaired) electrons. The highest BCUT2D eigenvalue weighted by Crippen LogP contribution is 2.27. The molecule has 1 unspecified atom stereocenters. The number of carbonyl (C=O) groups excluding carboxylic acids is 1. The van der Waals surface area contributed by atoms with Gasteiger partial charge in [0.15, 0.2) is 5.58 Å². The smallest absolute Gasteiger partial charge is 0.303 e. The minimum atomic E-state index is -0.831. The van der Waals surface area contributed by atoms with Gasteiger partial charge in [0.05, 0.1) is 12.8 Å². The average Bonchev–Trinajstić information content (AvgIpc) is 3.18. The summed E-state index contributed by atoms with van der Waals surface area (Å²) in [4.78, 5) is 28.1.